The van der Waals surface area contributed by atoms with Gasteiger partial charge in [0.15, 0.2) is 5.96 Å². The standard InChI is InChI=1S/C19H30N4O2.HI/c1-4-20-19(21-10-9-18(24)23-11-5-6-12-23)22-14-16-8-7-15(2)13-17(16)25-3;/h7-8,13H,4-6,9-12,14H2,1-3H3,(H2,20,21,22);1H. The Balaban J connectivity index is 0.00000338. The van der Waals surface area contributed by atoms with Crippen LogP contribution in [0, 0.1) is 6.92 Å². The van der Waals surface area contributed by atoms with Crippen molar-refractivity contribution in [3.05, 3.63) is 29.3 Å². The first kappa shape index (κ1) is 22.5. The van der Waals surface area contributed by atoms with Gasteiger partial charge in [-0.25, -0.2) is 4.99 Å². The monoisotopic (exact) mass is 474 g/mol. The third-order valence-corrected chi connectivity index (χ3v) is 4.28. The van der Waals surface area contributed by atoms with Crippen molar-refractivity contribution >= 4 is 35.8 Å². The number of nitrogens with one attached hydrogen (secondary N) is 2. The van der Waals surface area contributed by atoms with Gasteiger partial charge in [-0.05, 0) is 38.3 Å². The molecule has 1 saturated heterocycles. The van der Waals surface area contributed by atoms with Crippen LogP contribution < -0.4 is 15.4 Å². The molecule has 1 fully saturated rings. The van der Waals surface area contributed by atoms with E-state index in [9.17, 15) is 4.79 Å². The maximum absolute atomic E-state index is 12.1. The fourth-order valence-electron chi connectivity index (χ4n) is 2.90. The molecular weight excluding hydrogens is 443 g/mol. The molecule has 1 aliphatic heterocycles. The first-order valence-electron chi connectivity index (χ1n) is 9.07. The Bertz CT molecular complexity index is 601. The van der Waals surface area contributed by atoms with Crippen LogP contribution in [0.3, 0.4) is 0 Å². The number of halogens is 1. The van der Waals surface area contributed by atoms with E-state index in [-0.39, 0.29) is 29.9 Å². The van der Waals surface area contributed by atoms with Crippen molar-refractivity contribution in [2.75, 3.05) is 33.3 Å². The smallest absolute Gasteiger partial charge is 0.224 e. The summed E-state index contributed by atoms with van der Waals surface area (Å²) in [5, 5.41) is 6.46. The number of aryl methyl sites for hydroxylation is 1. The number of hydrogen-bond donors (Lipinski definition) is 2. The van der Waals surface area contributed by atoms with Crippen LogP contribution in [0.1, 0.15) is 37.3 Å². The highest BCUT2D eigenvalue weighted by atomic mass is 127. The summed E-state index contributed by atoms with van der Waals surface area (Å²) in [5.41, 5.74) is 2.20. The predicted molar refractivity (Wildman–Crippen MR) is 116 cm³/mol. The minimum atomic E-state index is 0. The van der Waals surface area contributed by atoms with Crippen LogP contribution in [0.25, 0.3) is 0 Å². The Morgan fingerprint density at radius 1 is 1.27 bits per heavy atom. The van der Waals surface area contributed by atoms with Crippen molar-refractivity contribution in [1.29, 1.82) is 0 Å². The normalized spacial score (nSPS) is 14.0. The second-order valence-corrected chi connectivity index (χ2v) is 6.28. The number of rotatable bonds is 7. The lowest BCUT2D eigenvalue weighted by Gasteiger charge is -2.16. The SMILES string of the molecule is CCNC(=NCc1ccc(C)cc1OC)NCCC(=O)N1CCCC1.I. The summed E-state index contributed by atoms with van der Waals surface area (Å²) < 4.78 is 5.43. The molecule has 0 spiro atoms. The molecular formula is C19H31IN4O2. The van der Waals surface area contributed by atoms with Gasteiger partial charge in [0.1, 0.15) is 5.75 Å². The number of nitrogens with zero attached hydrogens (tertiary/aromatic N) is 2. The summed E-state index contributed by atoms with van der Waals surface area (Å²) in [7, 11) is 1.68. The number of carbonyl (C=O) groups excluding carboxylic acids is 1. The van der Waals surface area contributed by atoms with E-state index in [2.05, 4.69) is 21.7 Å². The van der Waals surface area contributed by atoms with Gasteiger partial charge >= 0.3 is 0 Å². The molecule has 1 aromatic rings. The van der Waals surface area contributed by atoms with E-state index in [1.165, 1.54) is 0 Å². The Labute approximate surface area is 173 Å². The van der Waals surface area contributed by atoms with Crippen LogP contribution in [-0.4, -0.2) is 50.1 Å². The third-order valence-electron chi connectivity index (χ3n) is 4.28. The van der Waals surface area contributed by atoms with E-state index in [4.69, 9.17) is 4.74 Å². The number of ether oxygens (including phenoxy) is 1. The molecule has 146 valence electrons. The molecule has 1 amide bonds. The van der Waals surface area contributed by atoms with Gasteiger partial charge in [-0.2, -0.15) is 0 Å². The summed E-state index contributed by atoms with van der Waals surface area (Å²) in [6.07, 6.45) is 2.75. The molecule has 0 aliphatic carbocycles. The van der Waals surface area contributed by atoms with E-state index in [1.54, 1.807) is 7.11 Å². The van der Waals surface area contributed by atoms with Crippen molar-refractivity contribution in [2.24, 2.45) is 4.99 Å². The molecule has 1 aliphatic rings. The van der Waals surface area contributed by atoms with Crippen molar-refractivity contribution in [3.63, 3.8) is 0 Å². The van der Waals surface area contributed by atoms with Crippen molar-refractivity contribution in [1.82, 2.24) is 15.5 Å². The number of methoxy groups -OCH3 is 1. The van der Waals surface area contributed by atoms with Gasteiger partial charge < -0.3 is 20.3 Å². The molecule has 1 aromatic carbocycles. The molecule has 0 radical (unpaired) electrons. The Kier molecular flexibility index (Phi) is 10.4. The second-order valence-electron chi connectivity index (χ2n) is 6.28. The van der Waals surface area contributed by atoms with Gasteiger partial charge in [-0.1, -0.05) is 12.1 Å². The quantitative estimate of drug-likeness (QED) is 0.363. The Morgan fingerprint density at radius 2 is 2.00 bits per heavy atom. The van der Waals surface area contributed by atoms with E-state index in [0.29, 0.717) is 19.5 Å². The highest BCUT2D eigenvalue weighted by Crippen LogP contribution is 2.20. The highest BCUT2D eigenvalue weighted by Gasteiger charge is 2.17. The Hall–Kier alpha value is -1.51. The molecule has 1 heterocycles. The van der Waals surface area contributed by atoms with Crippen LogP contribution in [0.15, 0.2) is 23.2 Å². The lowest BCUT2D eigenvalue weighted by Crippen LogP contribution is -2.39. The van der Waals surface area contributed by atoms with Crippen LogP contribution in [0.5, 0.6) is 5.75 Å². The van der Waals surface area contributed by atoms with Gasteiger partial charge in [0.2, 0.25) is 5.91 Å². The van der Waals surface area contributed by atoms with Gasteiger partial charge in [0, 0.05) is 38.2 Å². The van der Waals surface area contributed by atoms with Crippen LogP contribution in [0.4, 0.5) is 0 Å². The topological polar surface area (TPSA) is 66.0 Å². The largest absolute Gasteiger partial charge is 0.496 e. The van der Waals surface area contributed by atoms with Gasteiger partial charge in [0.25, 0.3) is 0 Å². The van der Waals surface area contributed by atoms with Crippen LogP contribution in [0.2, 0.25) is 0 Å². The highest BCUT2D eigenvalue weighted by molar-refractivity contribution is 14.0. The molecule has 0 atom stereocenters. The van der Waals surface area contributed by atoms with E-state index in [1.807, 2.05) is 30.9 Å². The van der Waals surface area contributed by atoms with Gasteiger partial charge in [0.05, 0.1) is 13.7 Å². The molecule has 7 heteroatoms. The average molecular weight is 474 g/mol. The zero-order chi connectivity index (χ0) is 18.1. The first-order chi connectivity index (χ1) is 12.1. The zero-order valence-corrected chi connectivity index (χ0v) is 18.3. The van der Waals surface area contributed by atoms with E-state index in [0.717, 1.165) is 55.3 Å². The van der Waals surface area contributed by atoms with Gasteiger partial charge in [-0.15, -0.1) is 24.0 Å². The number of amides is 1. The molecule has 26 heavy (non-hydrogen) atoms. The number of hydrogen-bond acceptors (Lipinski definition) is 3. The van der Waals surface area contributed by atoms with Crippen molar-refractivity contribution < 1.29 is 9.53 Å². The number of likely N-dealkylation sites (tertiary alicyclic amines) is 1. The maximum Gasteiger partial charge on any atom is 0.224 e. The lowest BCUT2D eigenvalue weighted by molar-refractivity contribution is -0.129. The number of guanidine groups is 1. The summed E-state index contributed by atoms with van der Waals surface area (Å²) in [4.78, 5) is 18.6. The second kappa shape index (κ2) is 12.0. The van der Waals surface area contributed by atoms with Crippen molar-refractivity contribution in [3.8, 4) is 5.75 Å². The number of carbonyl (C=O) groups is 1. The average Bonchev–Trinajstić information content (AvgIpc) is 3.15. The minimum absolute atomic E-state index is 0. The number of aliphatic imine (C=N–C) groups is 1. The third kappa shape index (κ3) is 7.01. The minimum Gasteiger partial charge on any atom is -0.496 e. The Morgan fingerprint density at radius 3 is 2.65 bits per heavy atom. The first-order valence-corrected chi connectivity index (χ1v) is 9.07. The van der Waals surface area contributed by atoms with E-state index >= 15 is 0 Å². The summed E-state index contributed by atoms with van der Waals surface area (Å²) in [6, 6.07) is 6.11. The molecule has 0 saturated carbocycles. The molecule has 2 rings (SSSR count). The van der Waals surface area contributed by atoms with Crippen molar-refractivity contribution in [2.45, 2.75) is 39.7 Å². The summed E-state index contributed by atoms with van der Waals surface area (Å²) >= 11 is 0. The molecule has 2 N–H and O–H groups in total. The number of benzene rings is 1. The fourth-order valence-corrected chi connectivity index (χ4v) is 2.90. The summed E-state index contributed by atoms with van der Waals surface area (Å²) in [6.45, 7) is 7.76. The molecule has 6 nitrogen and oxygen atoms in total. The molecule has 0 bridgehead atoms. The van der Waals surface area contributed by atoms with Crippen LogP contribution >= 0.6 is 24.0 Å². The molecule has 0 aromatic heterocycles. The predicted octanol–water partition coefficient (Wildman–Crippen LogP) is 2.69. The van der Waals surface area contributed by atoms with Crippen LogP contribution in [-0.2, 0) is 11.3 Å². The fraction of sp³-hybridized carbons (Fsp3) is 0.579. The summed E-state index contributed by atoms with van der Waals surface area (Å²) in [5.74, 6) is 1.80. The van der Waals surface area contributed by atoms with E-state index < -0.39 is 0 Å². The van der Waals surface area contributed by atoms with Gasteiger partial charge in [-0.3, -0.25) is 4.79 Å². The maximum atomic E-state index is 12.1. The zero-order valence-electron chi connectivity index (χ0n) is 16.0. The molecule has 0 unspecified atom stereocenters. The lowest BCUT2D eigenvalue weighted by atomic mass is 10.1.